The molecule has 0 spiro atoms. The van der Waals surface area contributed by atoms with Gasteiger partial charge in [0.05, 0.1) is 12.1 Å². The SMILES string of the molecule is Cn1cc(CC(=O)CCc2ccccn2)nn1. The Morgan fingerprint density at radius 3 is 2.88 bits per heavy atom. The number of aromatic nitrogens is 4. The highest BCUT2D eigenvalue weighted by Gasteiger charge is 2.07. The van der Waals surface area contributed by atoms with Crippen molar-refractivity contribution >= 4 is 5.78 Å². The van der Waals surface area contributed by atoms with E-state index < -0.39 is 0 Å². The van der Waals surface area contributed by atoms with Crippen molar-refractivity contribution in [1.82, 2.24) is 20.0 Å². The molecule has 2 aromatic rings. The monoisotopic (exact) mass is 230 g/mol. The molecule has 0 amide bonds. The molecule has 0 atom stereocenters. The Labute approximate surface area is 99.5 Å². The molecule has 0 aliphatic heterocycles. The maximum absolute atomic E-state index is 11.7. The molecule has 2 aromatic heterocycles. The molecule has 0 N–H and O–H groups in total. The van der Waals surface area contributed by atoms with Crippen LogP contribution in [0.15, 0.2) is 30.6 Å². The summed E-state index contributed by atoms with van der Waals surface area (Å²) in [6.07, 6.45) is 5.02. The van der Waals surface area contributed by atoms with E-state index in [0.29, 0.717) is 19.3 Å². The Morgan fingerprint density at radius 2 is 2.24 bits per heavy atom. The number of hydrogen-bond donors (Lipinski definition) is 0. The van der Waals surface area contributed by atoms with Crippen LogP contribution in [0.4, 0.5) is 0 Å². The Morgan fingerprint density at radius 1 is 1.35 bits per heavy atom. The fraction of sp³-hybridized carbons (Fsp3) is 0.333. The summed E-state index contributed by atoms with van der Waals surface area (Å²) in [5.74, 6) is 0.163. The molecule has 0 saturated heterocycles. The van der Waals surface area contributed by atoms with Gasteiger partial charge in [-0.3, -0.25) is 14.5 Å². The zero-order valence-corrected chi connectivity index (χ0v) is 9.71. The third-order valence-corrected chi connectivity index (χ3v) is 2.41. The summed E-state index contributed by atoms with van der Waals surface area (Å²) in [5, 5.41) is 7.68. The molecule has 5 heteroatoms. The van der Waals surface area contributed by atoms with Gasteiger partial charge in [0.1, 0.15) is 5.78 Å². The standard InChI is InChI=1S/C12H14N4O/c1-16-9-11(14-15-16)8-12(17)6-5-10-4-2-3-7-13-10/h2-4,7,9H,5-6,8H2,1H3. The fourth-order valence-corrected chi connectivity index (χ4v) is 1.58. The first kappa shape index (κ1) is 11.4. The highest BCUT2D eigenvalue weighted by Crippen LogP contribution is 2.02. The molecule has 88 valence electrons. The van der Waals surface area contributed by atoms with Crippen molar-refractivity contribution < 1.29 is 4.79 Å². The van der Waals surface area contributed by atoms with Gasteiger partial charge in [-0.2, -0.15) is 0 Å². The van der Waals surface area contributed by atoms with Crippen LogP contribution in [-0.4, -0.2) is 25.8 Å². The van der Waals surface area contributed by atoms with Gasteiger partial charge in [-0.05, 0) is 18.6 Å². The predicted molar refractivity (Wildman–Crippen MR) is 62.3 cm³/mol. The number of ketones is 1. The predicted octanol–water partition coefficient (Wildman–Crippen LogP) is 0.954. The normalized spacial score (nSPS) is 10.4. The van der Waals surface area contributed by atoms with Crippen LogP contribution in [0.3, 0.4) is 0 Å². The number of aryl methyl sites for hydroxylation is 2. The van der Waals surface area contributed by atoms with Gasteiger partial charge in [-0.25, -0.2) is 0 Å². The lowest BCUT2D eigenvalue weighted by atomic mass is 10.1. The summed E-state index contributed by atoms with van der Waals surface area (Å²) >= 11 is 0. The molecule has 0 aliphatic carbocycles. The third-order valence-electron chi connectivity index (χ3n) is 2.41. The Balaban J connectivity index is 1.82. The zero-order valence-electron chi connectivity index (χ0n) is 9.71. The number of rotatable bonds is 5. The molecule has 0 radical (unpaired) electrons. The van der Waals surface area contributed by atoms with E-state index in [1.54, 1.807) is 24.1 Å². The van der Waals surface area contributed by atoms with Gasteiger partial charge in [0, 0.05) is 31.6 Å². The minimum absolute atomic E-state index is 0.163. The van der Waals surface area contributed by atoms with Gasteiger partial charge in [-0.15, -0.1) is 5.10 Å². The molecule has 5 nitrogen and oxygen atoms in total. The molecule has 0 fully saturated rings. The van der Waals surface area contributed by atoms with Gasteiger partial charge in [0.25, 0.3) is 0 Å². The number of carbonyl (C=O) groups is 1. The van der Waals surface area contributed by atoms with E-state index in [0.717, 1.165) is 11.4 Å². The highest BCUT2D eigenvalue weighted by atomic mass is 16.1. The summed E-state index contributed by atoms with van der Waals surface area (Å²) in [6, 6.07) is 5.72. The van der Waals surface area contributed by atoms with E-state index in [1.165, 1.54) is 0 Å². The lowest BCUT2D eigenvalue weighted by molar-refractivity contribution is -0.118. The number of Topliss-reactive ketones (excluding diaryl/α,β-unsaturated/α-hetero) is 1. The second-order valence-corrected chi connectivity index (χ2v) is 3.92. The molecular formula is C12H14N4O. The maximum Gasteiger partial charge on any atom is 0.139 e. The quantitative estimate of drug-likeness (QED) is 0.767. The fourth-order valence-electron chi connectivity index (χ4n) is 1.58. The van der Waals surface area contributed by atoms with Crippen molar-refractivity contribution in [1.29, 1.82) is 0 Å². The molecule has 0 saturated carbocycles. The van der Waals surface area contributed by atoms with Crippen LogP contribution in [0.1, 0.15) is 17.8 Å². The Kier molecular flexibility index (Phi) is 3.59. The lowest BCUT2D eigenvalue weighted by Crippen LogP contribution is -2.05. The molecule has 2 heterocycles. The first-order valence-corrected chi connectivity index (χ1v) is 5.51. The number of carbonyl (C=O) groups excluding carboxylic acids is 1. The van der Waals surface area contributed by atoms with E-state index in [2.05, 4.69) is 15.3 Å². The number of nitrogens with zero attached hydrogens (tertiary/aromatic N) is 4. The van der Waals surface area contributed by atoms with E-state index in [1.807, 2.05) is 18.2 Å². The average Bonchev–Trinajstić information content (AvgIpc) is 2.73. The smallest absolute Gasteiger partial charge is 0.139 e. The number of hydrogen-bond acceptors (Lipinski definition) is 4. The van der Waals surface area contributed by atoms with Gasteiger partial charge < -0.3 is 0 Å². The van der Waals surface area contributed by atoms with Gasteiger partial charge in [0.2, 0.25) is 0 Å². The Hall–Kier alpha value is -2.04. The van der Waals surface area contributed by atoms with Gasteiger partial charge in [-0.1, -0.05) is 11.3 Å². The average molecular weight is 230 g/mol. The molecule has 0 aliphatic rings. The second kappa shape index (κ2) is 5.34. The summed E-state index contributed by atoms with van der Waals surface area (Å²) in [5.41, 5.74) is 1.67. The minimum atomic E-state index is 0.163. The first-order chi connectivity index (χ1) is 8.24. The van der Waals surface area contributed by atoms with Crippen molar-refractivity contribution in [2.45, 2.75) is 19.3 Å². The van der Waals surface area contributed by atoms with Crippen LogP contribution in [-0.2, 0) is 24.7 Å². The largest absolute Gasteiger partial charge is 0.299 e. The van der Waals surface area contributed by atoms with Crippen LogP contribution < -0.4 is 0 Å². The van der Waals surface area contributed by atoms with Crippen LogP contribution >= 0.6 is 0 Å². The van der Waals surface area contributed by atoms with Crippen LogP contribution in [0.5, 0.6) is 0 Å². The highest BCUT2D eigenvalue weighted by molar-refractivity contribution is 5.80. The van der Waals surface area contributed by atoms with E-state index in [4.69, 9.17) is 0 Å². The summed E-state index contributed by atoms with van der Waals surface area (Å²) in [4.78, 5) is 15.9. The molecule has 17 heavy (non-hydrogen) atoms. The summed E-state index contributed by atoms with van der Waals surface area (Å²) in [7, 11) is 1.79. The van der Waals surface area contributed by atoms with E-state index in [-0.39, 0.29) is 5.78 Å². The summed E-state index contributed by atoms with van der Waals surface area (Å²) < 4.78 is 1.60. The molecule has 0 aromatic carbocycles. The topological polar surface area (TPSA) is 60.7 Å². The minimum Gasteiger partial charge on any atom is -0.299 e. The first-order valence-electron chi connectivity index (χ1n) is 5.51. The van der Waals surface area contributed by atoms with Crippen LogP contribution in [0.25, 0.3) is 0 Å². The van der Waals surface area contributed by atoms with Crippen molar-refractivity contribution in [2.24, 2.45) is 7.05 Å². The molecular weight excluding hydrogens is 216 g/mol. The molecule has 0 bridgehead atoms. The van der Waals surface area contributed by atoms with E-state index >= 15 is 0 Å². The number of pyridine rings is 1. The third kappa shape index (κ3) is 3.48. The second-order valence-electron chi connectivity index (χ2n) is 3.92. The van der Waals surface area contributed by atoms with Gasteiger partial charge >= 0.3 is 0 Å². The zero-order chi connectivity index (χ0) is 12.1. The molecule has 0 unspecified atom stereocenters. The van der Waals surface area contributed by atoms with E-state index in [9.17, 15) is 4.79 Å². The maximum atomic E-state index is 11.7. The lowest BCUT2D eigenvalue weighted by Gasteiger charge is -1.98. The van der Waals surface area contributed by atoms with Crippen molar-refractivity contribution in [3.05, 3.63) is 42.0 Å². The molecule has 2 rings (SSSR count). The van der Waals surface area contributed by atoms with Crippen molar-refractivity contribution in [3.8, 4) is 0 Å². The van der Waals surface area contributed by atoms with Gasteiger partial charge in [0.15, 0.2) is 0 Å². The van der Waals surface area contributed by atoms with Crippen molar-refractivity contribution in [2.75, 3.05) is 0 Å². The van der Waals surface area contributed by atoms with Crippen LogP contribution in [0, 0.1) is 0 Å². The summed E-state index contributed by atoms with van der Waals surface area (Å²) in [6.45, 7) is 0. The van der Waals surface area contributed by atoms with Crippen molar-refractivity contribution in [3.63, 3.8) is 0 Å². The van der Waals surface area contributed by atoms with Crippen LogP contribution in [0.2, 0.25) is 0 Å². The Bertz CT molecular complexity index is 492.